The zero-order chi connectivity index (χ0) is 20.0. The molecule has 0 spiro atoms. The molecule has 0 atom stereocenters. The topological polar surface area (TPSA) is 62.6 Å². The molecule has 8 heteroatoms. The van der Waals surface area contributed by atoms with Gasteiger partial charge < -0.3 is 14.6 Å². The van der Waals surface area contributed by atoms with E-state index in [0.29, 0.717) is 11.1 Å². The Kier molecular flexibility index (Phi) is 6.65. The molecule has 0 saturated carbocycles. The summed E-state index contributed by atoms with van der Waals surface area (Å²) in [5.74, 6) is -0.595. The molecule has 0 saturated heterocycles. The summed E-state index contributed by atoms with van der Waals surface area (Å²) in [5, 5.41) is 2.58. The lowest BCUT2D eigenvalue weighted by atomic mass is 10.1. The molecule has 146 valence electrons. The number of nitrogens with one attached hydrogen (secondary N) is 1. The fraction of sp³-hybridized carbons (Fsp3) is 0.368. The summed E-state index contributed by atoms with van der Waals surface area (Å²) in [5.41, 5.74) is -0.00706. The van der Waals surface area contributed by atoms with Crippen LogP contribution in [0, 0.1) is 0 Å². The minimum Gasteiger partial charge on any atom is -0.472 e. The maximum Gasteiger partial charge on any atom is 0.416 e. The lowest BCUT2D eigenvalue weighted by molar-refractivity contribution is -0.137. The van der Waals surface area contributed by atoms with Crippen LogP contribution in [0.5, 0.6) is 0 Å². The number of rotatable bonds is 7. The number of hydrogen-bond acceptors (Lipinski definition) is 3. The second-order valence-corrected chi connectivity index (χ2v) is 6.33. The van der Waals surface area contributed by atoms with E-state index >= 15 is 0 Å². The molecule has 1 N–H and O–H groups in total. The number of alkyl halides is 3. The summed E-state index contributed by atoms with van der Waals surface area (Å²) in [4.78, 5) is 26.0. The number of carbonyl (C=O) groups excluding carboxylic acids is 2. The molecule has 0 aliphatic rings. The molecular formula is C19H21F3N2O3. The molecule has 0 fully saturated rings. The third-order valence-electron chi connectivity index (χ3n) is 3.98. The number of nitrogens with zero attached hydrogens (tertiary/aromatic N) is 1. The van der Waals surface area contributed by atoms with Gasteiger partial charge in [-0.2, -0.15) is 13.2 Å². The summed E-state index contributed by atoms with van der Waals surface area (Å²) < 4.78 is 43.0. The van der Waals surface area contributed by atoms with Gasteiger partial charge in [0.1, 0.15) is 6.26 Å². The predicted molar refractivity (Wildman–Crippen MR) is 92.8 cm³/mol. The zero-order valence-electron chi connectivity index (χ0n) is 15.0. The zero-order valence-corrected chi connectivity index (χ0v) is 15.0. The minimum absolute atomic E-state index is 0.0138. The van der Waals surface area contributed by atoms with Crippen molar-refractivity contribution in [3.63, 3.8) is 0 Å². The maximum absolute atomic E-state index is 12.7. The first kappa shape index (κ1) is 20.5. The van der Waals surface area contributed by atoms with E-state index in [-0.39, 0.29) is 37.4 Å². The van der Waals surface area contributed by atoms with Crippen molar-refractivity contribution in [2.75, 3.05) is 6.54 Å². The van der Waals surface area contributed by atoms with Gasteiger partial charge in [0.25, 0.3) is 5.91 Å². The summed E-state index contributed by atoms with van der Waals surface area (Å²) >= 11 is 0. The van der Waals surface area contributed by atoms with Gasteiger partial charge in [0, 0.05) is 25.6 Å². The van der Waals surface area contributed by atoms with Crippen molar-refractivity contribution in [3.8, 4) is 0 Å². The maximum atomic E-state index is 12.7. The number of hydrogen-bond donors (Lipinski definition) is 1. The summed E-state index contributed by atoms with van der Waals surface area (Å²) in [7, 11) is 0. The van der Waals surface area contributed by atoms with Crippen molar-refractivity contribution < 1.29 is 27.2 Å². The van der Waals surface area contributed by atoms with E-state index < -0.39 is 11.7 Å². The van der Waals surface area contributed by atoms with E-state index in [9.17, 15) is 22.8 Å². The van der Waals surface area contributed by atoms with Gasteiger partial charge >= 0.3 is 6.18 Å². The van der Waals surface area contributed by atoms with Gasteiger partial charge in [0.05, 0.1) is 17.4 Å². The highest BCUT2D eigenvalue weighted by molar-refractivity contribution is 5.94. The van der Waals surface area contributed by atoms with Gasteiger partial charge in [-0.25, -0.2) is 0 Å². The minimum atomic E-state index is -4.43. The number of halogens is 3. The molecule has 0 aliphatic heterocycles. The fourth-order valence-electron chi connectivity index (χ4n) is 2.51. The van der Waals surface area contributed by atoms with Crippen molar-refractivity contribution >= 4 is 11.8 Å². The second-order valence-electron chi connectivity index (χ2n) is 6.33. The van der Waals surface area contributed by atoms with Gasteiger partial charge in [-0.1, -0.05) is 12.1 Å². The van der Waals surface area contributed by atoms with Crippen LogP contribution < -0.4 is 5.32 Å². The van der Waals surface area contributed by atoms with E-state index in [1.54, 1.807) is 6.07 Å². The molecule has 0 radical (unpaired) electrons. The van der Waals surface area contributed by atoms with Gasteiger partial charge in [-0.05, 0) is 37.6 Å². The lowest BCUT2D eigenvalue weighted by Gasteiger charge is -2.26. The molecule has 2 aromatic rings. The molecule has 2 amide bonds. The number of amides is 2. The Bertz CT molecular complexity index is 771. The average Bonchev–Trinajstić information content (AvgIpc) is 3.14. The highest BCUT2D eigenvalue weighted by atomic mass is 19.4. The highest BCUT2D eigenvalue weighted by Crippen LogP contribution is 2.29. The Morgan fingerprint density at radius 1 is 1.22 bits per heavy atom. The lowest BCUT2D eigenvalue weighted by Crippen LogP contribution is -2.39. The van der Waals surface area contributed by atoms with Crippen LogP contribution in [0.15, 0.2) is 47.3 Å². The van der Waals surface area contributed by atoms with Crippen LogP contribution in [0.3, 0.4) is 0 Å². The van der Waals surface area contributed by atoms with E-state index in [4.69, 9.17) is 4.42 Å². The number of furan rings is 1. The smallest absolute Gasteiger partial charge is 0.416 e. The summed E-state index contributed by atoms with van der Waals surface area (Å²) in [6, 6.07) is 6.22. The number of carbonyl (C=O) groups is 2. The molecule has 5 nitrogen and oxygen atoms in total. The van der Waals surface area contributed by atoms with Crippen LogP contribution in [-0.4, -0.2) is 29.3 Å². The number of benzene rings is 1. The van der Waals surface area contributed by atoms with Crippen molar-refractivity contribution in [2.45, 2.75) is 39.0 Å². The van der Waals surface area contributed by atoms with E-state index in [1.165, 1.54) is 29.6 Å². The van der Waals surface area contributed by atoms with Gasteiger partial charge in [-0.15, -0.1) is 0 Å². The van der Waals surface area contributed by atoms with Crippen molar-refractivity contribution in [1.29, 1.82) is 0 Å². The Labute approximate surface area is 155 Å². The molecule has 2 rings (SSSR count). The predicted octanol–water partition coefficient (Wildman–Crippen LogP) is 3.86. The molecule has 0 bridgehead atoms. The normalized spacial score (nSPS) is 11.5. The van der Waals surface area contributed by atoms with E-state index in [2.05, 4.69) is 5.32 Å². The van der Waals surface area contributed by atoms with Crippen LogP contribution in [0.25, 0.3) is 0 Å². The quantitative estimate of drug-likeness (QED) is 0.791. The van der Waals surface area contributed by atoms with Gasteiger partial charge in [-0.3, -0.25) is 9.59 Å². The first-order valence-electron chi connectivity index (χ1n) is 8.44. The molecule has 27 heavy (non-hydrogen) atoms. The van der Waals surface area contributed by atoms with Crippen LogP contribution in [0.4, 0.5) is 13.2 Å². The standard InChI is InChI=1S/C19H21F3N2O3/c1-13(2)24(18(26)15-7-9-27-12-15)8-6-17(25)23-11-14-4-3-5-16(10-14)19(20,21)22/h3-5,7,9-10,12-13H,6,8,11H2,1-2H3,(H,23,25). The second kappa shape index (κ2) is 8.75. The van der Waals surface area contributed by atoms with Crippen LogP contribution in [0.1, 0.15) is 41.8 Å². The van der Waals surface area contributed by atoms with E-state index in [1.807, 2.05) is 13.8 Å². The first-order valence-corrected chi connectivity index (χ1v) is 8.44. The highest BCUT2D eigenvalue weighted by Gasteiger charge is 2.30. The molecule has 1 heterocycles. The Balaban J connectivity index is 1.89. The third kappa shape index (κ3) is 5.87. The molecule has 1 aromatic heterocycles. The summed E-state index contributed by atoms with van der Waals surface area (Å²) in [6.07, 6.45) is -1.65. The largest absolute Gasteiger partial charge is 0.472 e. The first-order chi connectivity index (χ1) is 12.7. The molecule has 1 aromatic carbocycles. The van der Waals surface area contributed by atoms with Crippen molar-refractivity contribution in [3.05, 3.63) is 59.5 Å². The van der Waals surface area contributed by atoms with Crippen molar-refractivity contribution in [2.24, 2.45) is 0 Å². The van der Waals surface area contributed by atoms with Crippen molar-refractivity contribution in [1.82, 2.24) is 10.2 Å². The van der Waals surface area contributed by atoms with E-state index in [0.717, 1.165) is 12.1 Å². The van der Waals surface area contributed by atoms with Gasteiger partial charge in [0.2, 0.25) is 5.91 Å². The molecular weight excluding hydrogens is 361 g/mol. The SMILES string of the molecule is CC(C)N(CCC(=O)NCc1cccc(C(F)(F)F)c1)C(=O)c1ccoc1. The average molecular weight is 382 g/mol. The molecule has 0 aliphatic carbocycles. The Morgan fingerprint density at radius 3 is 2.56 bits per heavy atom. The molecule has 0 unspecified atom stereocenters. The Hall–Kier alpha value is -2.77. The third-order valence-corrected chi connectivity index (χ3v) is 3.98. The fourth-order valence-corrected chi connectivity index (χ4v) is 2.51. The Morgan fingerprint density at radius 2 is 1.96 bits per heavy atom. The monoisotopic (exact) mass is 382 g/mol. The van der Waals surface area contributed by atoms with Gasteiger partial charge in [0.15, 0.2) is 0 Å². The summed E-state index contributed by atoms with van der Waals surface area (Å²) in [6.45, 7) is 3.84. The van der Waals surface area contributed by atoms with Crippen LogP contribution in [-0.2, 0) is 17.5 Å². The van der Waals surface area contributed by atoms with Crippen LogP contribution >= 0.6 is 0 Å². The van der Waals surface area contributed by atoms with Crippen LogP contribution in [0.2, 0.25) is 0 Å².